The van der Waals surface area contributed by atoms with Crippen molar-refractivity contribution in [1.82, 2.24) is 5.32 Å². The highest BCUT2D eigenvalue weighted by Gasteiger charge is 2.02. The van der Waals surface area contributed by atoms with Gasteiger partial charge in [-0.2, -0.15) is 0 Å². The Balaban J connectivity index is 2.73. The summed E-state index contributed by atoms with van der Waals surface area (Å²) in [7, 11) is 3.87. The van der Waals surface area contributed by atoms with Gasteiger partial charge >= 0.3 is 0 Å². The molecule has 0 unspecified atom stereocenters. The lowest BCUT2D eigenvalue weighted by atomic mass is 10.2. The second kappa shape index (κ2) is 4.96. The molecule has 0 aliphatic carbocycles. The molecule has 0 amide bonds. The number of benzene rings is 1. The Morgan fingerprint density at radius 2 is 2.07 bits per heavy atom. The molecule has 0 aliphatic heterocycles. The van der Waals surface area contributed by atoms with Gasteiger partial charge in [-0.15, -0.1) is 0 Å². The van der Waals surface area contributed by atoms with Crippen molar-refractivity contribution in [3.05, 3.63) is 29.6 Å². The van der Waals surface area contributed by atoms with E-state index in [4.69, 9.17) is 0 Å². The lowest BCUT2D eigenvalue weighted by molar-refractivity contribution is 0.625. The molecule has 1 N–H and O–H groups in total. The molecular formula is C11H17FN2. The van der Waals surface area contributed by atoms with E-state index in [1.165, 1.54) is 6.07 Å². The zero-order valence-electron chi connectivity index (χ0n) is 8.97. The molecule has 1 aromatic carbocycles. The van der Waals surface area contributed by atoms with E-state index in [2.05, 4.69) is 5.32 Å². The first-order valence-electron chi connectivity index (χ1n) is 4.76. The Morgan fingerprint density at radius 3 is 2.64 bits per heavy atom. The van der Waals surface area contributed by atoms with Gasteiger partial charge in [0.25, 0.3) is 0 Å². The number of anilines is 1. The molecule has 0 bridgehead atoms. The van der Waals surface area contributed by atoms with Crippen LogP contribution in [0.2, 0.25) is 0 Å². The fourth-order valence-electron chi connectivity index (χ4n) is 1.35. The number of rotatable bonds is 4. The largest absolute Gasteiger partial charge is 0.373 e. The minimum Gasteiger partial charge on any atom is -0.373 e. The van der Waals surface area contributed by atoms with Gasteiger partial charge in [-0.3, -0.25) is 0 Å². The summed E-state index contributed by atoms with van der Waals surface area (Å²) in [5.74, 6) is -0.170. The lowest BCUT2D eigenvalue weighted by Gasteiger charge is -2.19. The summed E-state index contributed by atoms with van der Waals surface area (Å²) in [5, 5.41) is 3.06. The van der Waals surface area contributed by atoms with Crippen molar-refractivity contribution in [2.75, 3.05) is 32.1 Å². The molecule has 0 radical (unpaired) electrons. The predicted octanol–water partition coefficient (Wildman–Crippen LogP) is 1.79. The average molecular weight is 196 g/mol. The number of hydrogen-bond donors (Lipinski definition) is 1. The van der Waals surface area contributed by atoms with Gasteiger partial charge in [-0.25, -0.2) is 4.39 Å². The number of likely N-dealkylation sites (N-methyl/N-ethyl adjacent to an activating group) is 2. The molecule has 0 heterocycles. The molecule has 3 heteroatoms. The molecule has 0 atom stereocenters. The minimum atomic E-state index is -0.170. The van der Waals surface area contributed by atoms with Crippen molar-refractivity contribution in [3.8, 4) is 0 Å². The highest BCUT2D eigenvalue weighted by molar-refractivity contribution is 5.48. The van der Waals surface area contributed by atoms with Crippen LogP contribution in [0.1, 0.15) is 5.56 Å². The molecule has 0 fully saturated rings. The highest BCUT2D eigenvalue weighted by Crippen LogP contribution is 2.16. The summed E-state index contributed by atoms with van der Waals surface area (Å²) in [6, 6.07) is 5.08. The van der Waals surface area contributed by atoms with Gasteiger partial charge in [0.1, 0.15) is 5.82 Å². The molecule has 1 rings (SSSR count). The van der Waals surface area contributed by atoms with Crippen LogP contribution < -0.4 is 10.2 Å². The molecule has 0 saturated carbocycles. The summed E-state index contributed by atoms with van der Waals surface area (Å²) >= 11 is 0. The highest BCUT2D eigenvalue weighted by atomic mass is 19.1. The van der Waals surface area contributed by atoms with E-state index in [1.807, 2.05) is 32.0 Å². The monoisotopic (exact) mass is 196 g/mol. The van der Waals surface area contributed by atoms with Crippen LogP contribution in [0.5, 0.6) is 0 Å². The van der Waals surface area contributed by atoms with E-state index >= 15 is 0 Å². The van der Waals surface area contributed by atoms with Crippen molar-refractivity contribution in [3.63, 3.8) is 0 Å². The predicted molar refractivity (Wildman–Crippen MR) is 58.3 cm³/mol. The zero-order chi connectivity index (χ0) is 10.6. The van der Waals surface area contributed by atoms with Crippen LogP contribution in [0.25, 0.3) is 0 Å². The number of hydrogen-bond acceptors (Lipinski definition) is 2. The molecule has 0 spiro atoms. The summed E-state index contributed by atoms with van der Waals surface area (Å²) < 4.78 is 13.1. The third kappa shape index (κ3) is 3.00. The molecule has 0 aromatic heterocycles. The van der Waals surface area contributed by atoms with Gasteiger partial charge in [0.2, 0.25) is 0 Å². The normalized spacial score (nSPS) is 10.3. The molecular weight excluding hydrogens is 179 g/mol. The smallest absolute Gasteiger partial charge is 0.125 e. The second-order valence-corrected chi connectivity index (χ2v) is 3.51. The van der Waals surface area contributed by atoms with E-state index in [0.717, 1.165) is 24.3 Å². The fraction of sp³-hybridized carbons (Fsp3) is 0.455. The maximum atomic E-state index is 13.1. The Hall–Kier alpha value is -1.09. The Labute approximate surface area is 84.7 Å². The Bertz CT molecular complexity index is 279. The standard InChI is InChI=1S/C11H17FN2/c1-9-6-10(12)8-11(7-9)14(3)5-4-13-2/h6-8,13H,4-5H2,1-3H3. The summed E-state index contributed by atoms with van der Waals surface area (Å²) in [5.41, 5.74) is 1.88. The molecule has 78 valence electrons. The zero-order valence-corrected chi connectivity index (χ0v) is 8.97. The van der Waals surface area contributed by atoms with Gasteiger partial charge < -0.3 is 10.2 Å². The second-order valence-electron chi connectivity index (χ2n) is 3.51. The first kappa shape index (κ1) is 11.0. The first-order chi connectivity index (χ1) is 6.63. The number of halogens is 1. The quantitative estimate of drug-likeness (QED) is 0.789. The van der Waals surface area contributed by atoms with Crippen LogP contribution in [0, 0.1) is 12.7 Å². The maximum absolute atomic E-state index is 13.1. The van der Waals surface area contributed by atoms with Gasteiger partial charge in [0.05, 0.1) is 0 Å². The van der Waals surface area contributed by atoms with Crippen LogP contribution in [0.15, 0.2) is 18.2 Å². The third-order valence-corrected chi connectivity index (χ3v) is 2.16. The van der Waals surface area contributed by atoms with Crippen molar-refractivity contribution in [2.45, 2.75) is 6.92 Å². The van der Waals surface area contributed by atoms with Crippen molar-refractivity contribution >= 4 is 5.69 Å². The van der Waals surface area contributed by atoms with Crippen molar-refractivity contribution < 1.29 is 4.39 Å². The lowest BCUT2D eigenvalue weighted by Crippen LogP contribution is -2.27. The minimum absolute atomic E-state index is 0.170. The molecule has 0 saturated heterocycles. The van der Waals surface area contributed by atoms with Crippen LogP contribution in [0.4, 0.5) is 10.1 Å². The van der Waals surface area contributed by atoms with Crippen LogP contribution >= 0.6 is 0 Å². The molecule has 14 heavy (non-hydrogen) atoms. The third-order valence-electron chi connectivity index (χ3n) is 2.16. The van der Waals surface area contributed by atoms with Gasteiger partial charge in [-0.1, -0.05) is 0 Å². The van der Waals surface area contributed by atoms with E-state index in [0.29, 0.717) is 0 Å². The Kier molecular flexibility index (Phi) is 3.89. The van der Waals surface area contributed by atoms with E-state index in [-0.39, 0.29) is 5.82 Å². The SMILES string of the molecule is CNCCN(C)c1cc(C)cc(F)c1. The molecule has 1 aromatic rings. The van der Waals surface area contributed by atoms with E-state index < -0.39 is 0 Å². The topological polar surface area (TPSA) is 15.3 Å². The molecule has 0 aliphatic rings. The van der Waals surface area contributed by atoms with Crippen molar-refractivity contribution in [2.24, 2.45) is 0 Å². The maximum Gasteiger partial charge on any atom is 0.125 e. The summed E-state index contributed by atoms with van der Waals surface area (Å²) in [4.78, 5) is 2.03. The van der Waals surface area contributed by atoms with Gasteiger partial charge in [-0.05, 0) is 37.7 Å². The summed E-state index contributed by atoms with van der Waals surface area (Å²) in [6.07, 6.45) is 0. The van der Waals surface area contributed by atoms with Gasteiger partial charge in [0, 0.05) is 25.8 Å². The van der Waals surface area contributed by atoms with Crippen LogP contribution in [0.3, 0.4) is 0 Å². The number of aryl methyl sites for hydroxylation is 1. The van der Waals surface area contributed by atoms with E-state index in [9.17, 15) is 4.39 Å². The Morgan fingerprint density at radius 1 is 1.36 bits per heavy atom. The van der Waals surface area contributed by atoms with Crippen molar-refractivity contribution in [1.29, 1.82) is 0 Å². The van der Waals surface area contributed by atoms with E-state index in [1.54, 1.807) is 6.07 Å². The summed E-state index contributed by atoms with van der Waals surface area (Å²) in [6.45, 7) is 3.67. The fourth-order valence-corrected chi connectivity index (χ4v) is 1.35. The first-order valence-corrected chi connectivity index (χ1v) is 4.76. The van der Waals surface area contributed by atoms with Crippen LogP contribution in [-0.4, -0.2) is 27.2 Å². The van der Waals surface area contributed by atoms with Gasteiger partial charge in [0.15, 0.2) is 0 Å². The number of nitrogens with one attached hydrogen (secondary N) is 1. The van der Waals surface area contributed by atoms with Crippen LogP contribution in [-0.2, 0) is 0 Å². The number of nitrogens with zero attached hydrogens (tertiary/aromatic N) is 1. The average Bonchev–Trinajstić information content (AvgIpc) is 2.12. The molecule has 2 nitrogen and oxygen atoms in total.